The minimum atomic E-state index is -1.88. The van der Waals surface area contributed by atoms with Gasteiger partial charge < -0.3 is 5.11 Å². The van der Waals surface area contributed by atoms with Crippen LogP contribution in [0.25, 0.3) is 0 Å². The molecule has 0 spiro atoms. The molecule has 132 valence electrons. The van der Waals surface area contributed by atoms with Crippen LogP contribution in [0.3, 0.4) is 0 Å². The molecule has 2 aromatic rings. The summed E-state index contributed by atoms with van der Waals surface area (Å²) in [7, 11) is 0. The summed E-state index contributed by atoms with van der Waals surface area (Å²) in [5.41, 5.74) is 3.09. The lowest BCUT2D eigenvalue weighted by Gasteiger charge is -2.26. The van der Waals surface area contributed by atoms with E-state index in [-0.39, 0.29) is 21.4 Å². The highest BCUT2D eigenvalue weighted by molar-refractivity contribution is 8.17. The van der Waals surface area contributed by atoms with Crippen molar-refractivity contribution in [3.05, 3.63) is 76.0 Å². The smallest absolute Gasteiger partial charge is 0.218 e. The van der Waals surface area contributed by atoms with Crippen molar-refractivity contribution in [2.24, 2.45) is 10.1 Å². The van der Waals surface area contributed by atoms with Crippen LogP contribution in [0.4, 0.5) is 0 Å². The minimum absolute atomic E-state index is 0.00490. The normalized spacial score (nSPS) is 21.3. The van der Waals surface area contributed by atoms with E-state index in [0.717, 1.165) is 17.3 Å². The highest BCUT2D eigenvalue weighted by Gasteiger charge is 2.51. The van der Waals surface area contributed by atoms with Gasteiger partial charge in [-0.05, 0) is 24.8 Å². The van der Waals surface area contributed by atoms with Crippen LogP contribution in [-0.4, -0.2) is 26.8 Å². The number of allylic oxidation sites excluding steroid dienone is 1. The van der Waals surface area contributed by atoms with E-state index < -0.39 is 5.72 Å². The van der Waals surface area contributed by atoms with Gasteiger partial charge in [-0.15, -0.1) is 0 Å². The number of hydrogen-bond acceptors (Lipinski definition) is 8. The second kappa shape index (κ2) is 6.46. The number of carbonyl (C=O) groups excluding carboxylic acids is 1. The third-order valence-corrected chi connectivity index (χ3v) is 5.19. The molecule has 2 heterocycles. The second-order valence-electron chi connectivity index (χ2n) is 5.93. The van der Waals surface area contributed by atoms with Crippen molar-refractivity contribution >= 4 is 28.4 Å². The highest BCUT2D eigenvalue weighted by atomic mass is 32.2. The summed E-state index contributed by atoms with van der Waals surface area (Å²) in [6.45, 7) is 1.80. The van der Waals surface area contributed by atoms with Crippen LogP contribution in [-0.2, 0) is 5.72 Å². The molecule has 0 radical (unpaired) electrons. The molecule has 1 atom stereocenters. The monoisotopic (exact) mass is 375 g/mol. The Morgan fingerprint density at radius 1 is 1.33 bits per heavy atom. The highest BCUT2D eigenvalue weighted by Crippen LogP contribution is 2.48. The molecule has 0 fully saturated rings. The summed E-state index contributed by atoms with van der Waals surface area (Å²) in [4.78, 5) is 21.1. The molecule has 1 unspecified atom stereocenters. The topological polar surface area (TPSA) is 111 Å². The van der Waals surface area contributed by atoms with Gasteiger partial charge >= 0.3 is 0 Å². The van der Waals surface area contributed by atoms with Crippen molar-refractivity contribution in [2.45, 2.75) is 12.6 Å². The van der Waals surface area contributed by atoms with Gasteiger partial charge in [-0.1, -0.05) is 30.3 Å². The van der Waals surface area contributed by atoms with Gasteiger partial charge in [0.05, 0.1) is 11.3 Å². The molecule has 0 bridgehead atoms. The quantitative estimate of drug-likeness (QED) is 0.616. The molecule has 1 aliphatic heterocycles. The molecule has 1 aromatic carbocycles. The van der Waals surface area contributed by atoms with Gasteiger partial charge in [-0.3, -0.25) is 15.2 Å². The molecule has 4 rings (SSSR count). The summed E-state index contributed by atoms with van der Waals surface area (Å²) in [6, 6.07) is 12.3. The Kier molecular flexibility index (Phi) is 4.11. The van der Waals surface area contributed by atoms with Crippen LogP contribution in [0, 0.1) is 11.3 Å². The number of fused-ring (bicyclic) bond motifs is 3. The Morgan fingerprint density at radius 3 is 2.89 bits per heavy atom. The maximum Gasteiger partial charge on any atom is 0.218 e. The third kappa shape index (κ3) is 2.73. The lowest BCUT2D eigenvalue weighted by Crippen LogP contribution is -2.32. The standard InChI is InChI=1S/C19H13N5O2S/c1-11(12-5-4-8-21-10-12)23-24-18-22-19(26)14-7-3-2-6-13(14)17(25)16(19)15(9-20)27-18/h2-8,10,26H,1H3,(H,22,24)/b23-11+. The van der Waals surface area contributed by atoms with E-state index in [9.17, 15) is 15.2 Å². The molecule has 2 N–H and O–H groups in total. The van der Waals surface area contributed by atoms with Crippen LogP contribution in [0.15, 0.2) is 69.4 Å². The first-order valence-corrected chi connectivity index (χ1v) is 8.86. The van der Waals surface area contributed by atoms with E-state index in [1.807, 2.05) is 12.1 Å². The zero-order chi connectivity index (χ0) is 19.0. The van der Waals surface area contributed by atoms with Gasteiger partial charge in [-0.25, -0.2) is 4.99 Å². The summed E-state index contributed by atoms with van der Waals surface area (Å²) in [5.74, 6) is -0.380. The first-order valence-electron chi connectivity index (χ1n) is 8.04. The Bertz CT molecular complexity index is 1080. The number of hydrogen-bond donors (Lipinski definition) is 2. The first kappa shape index (κ1) is 17.1. The number of benzene rings is 1. The zero-order valence-electron chi connectivity index (χ0n) is 14.2. The molecule has 1 aromatic heterocycles. The fourth-order valence-electron chi connectivity index (χ4n) is 3.01. The van der Waals surface area contributed by atoms with Crippen molar-refractivity contribution in [3.63, 3.8) is 0 Å². The van der Waals surface area contributed by atoms with Gasteiger partial charge in [0.25, 0.3) is 0 Å². The summed E-state index contributed by atoms with van der Waals surface area (Å²) in [5, 5.41) is 25.1. The van der Waals surface area contributed by atoms with Crippen molar-refractivity contribution < 1.29 is 9.90 Å². The van der Waals surface area contributed by atoms with Crippen LogP contribution < -0.4 is 5.43 Å². The van der Waals surface area contributed by atoms with Crippen molar-refractivity contribution in [1.29, 1.82) is 5.26 Å². The molecular weight excluding hydrogens is 362 g/mol. The number of aliphatic imine (C=N–C) groups is 1. The molecular formula is C19H13N5O2S. The lowest BCUT2D eigenvalue weighted by atomic mass is 10.0. The number of hydrazone groups is 1. The van der Waals surface area contributed by atoms with Gasteiger partial charge in [0, 0.05) is 29.1 Å². The maximum absolute atomic E-state index is 12.7. The average molecular weight is 375 g/mol. The molecule has 0 saturated carbocycles. The third-order valence-electron chi connectivity index (χ3n) is 4.31. The fraction of sp³-hybridized carbons (Fsp3) is 0.105. The van der Waals surface area contributed by atoms with Crippen molar-refractivity contribution in [1.82, 2.24) is 10.4 Å². The van der Waals surface area contributed by atoms with Crippen molar-refractivity contribution in [3.8, 4) is 6.07 Å². The Labute approximate surface area is 159 Å². The van der Waals surface area contributed by atoms with E-state index in [2.05, 4.69) is 20.5 Å². The number of aromatic nitrogens is 1. The summed E-state index contributed by atoms with van der Waals surface area (Å²) < 4.78 is 0. The van der Waals surface area contributed by atoms with E-state index in [4.69, 9.17) is 0 Å². The minimum Gasteiger partial charge on any atom is -0.362 e. The largest absolute Gasteiger partial charge is 0.362 e. The first-order chi connectivity index (χ1) is 13.0. The molecule has 1 aliphatic carbocycles. The van der Waals surface area contributed by atoms with Gasteiger partial charge in [0.15, 0.2) is 11.0 Å². The molecule has 0 amide bonds. The number of Topliss-reactive ketones (excluding diaryl/α,β-unsaturated/α-hetero) is 1. The van der Waals surface area contributed by atoms with Crippen molar-refractivity contribution in [2.75, 3.05) is 0 Å². The maximum atomic E-state index is 12.7. The second-order valence-corrected chi connectivity index (χ2v) is 6.93. The molecule has 0 saturated heterocycles. The summed E-state index contributed by atoms with van der Waals surface area (Å²) >= 11 is 0.972. The Morgan fingerprint density at radius 2 is 2.15 bits per heavy atom. The van der Waals surface area contributed by atoms with Crippen LogP contribution >= 0.6 is 11.8 Å². The van der Waals surface area contributed by atoms with E-state index in [1.165, 1.54) is 0 Å². The number of aliphatic hydroxyl groups is 1. The number of nitriles is 1. The number of pyridine rings is 1. The number of thioether (sulfide) groups is 1. The number of ketones is 1. The average Bonchev–Trinajstić information content (AvgIpc) is 2.94. The van der Waals surface area contributed by atoms with Crippen LogP contribution in [0.1, 0.15) is 28.4 Å². The van der Waals surface area contributed by atoms with E-state index in [1.54, 1.807) is 49.6 Å². The number of amidine groups is 1. The number of rotatable bonds is 2. The van der Waals surface area contributed by atoms with Crippen LogP contribution in [0.5, 0.6) is 0 Å². The molecule has 2 aliphatic rings. The number of nitrogens with one attached hydrogen (secondary N) is 1. The van der Waals surface area contributed by atoms with E-state index >= 15 is 0 Å². The molecule has 7 nitrogen and oxygen atoms in total. The predicted octanol–water partition coefficient (Wildman–Crippen LogP) is 2.32. The SMILES string of the molecule is C/C(=N\NC1=NC2(O)C(=C(C#N)S1)C(=O)c1ccccc12)c1cccnc1. The molecule has 8 heteroatoms. The Hall–Kier alpha value is -3.28. The lowest BCUT2D eigenvalue weighted by molar-refractivity contribution is 0.0807. The molecule has 27 heavy (non-hydrogen) atoms. The van der Waals surface area contributed by atoms with E-state index in [0.29, 0.717) is 16.8 Å². The van der Waals surface area contributed by atoms with Crippen LogP contribution in [0.2, 0.25) is 0 Å². The predicted molar refractivity (Wildman–Crippen MR) is 102 cm³/mol. The summed E-state index contributed by atoms with van der Waals surface area (Å²) in [6.07, 6.45) is 3.34. The number of nitrogens with zero attached hydrogens (tertiary/aromatic N) is 4. The number of carbonyl (C=O) groups is 1. The van der Waals surface area contributed by atoms with Gasteiger partial charge in [0.1, 0.15) is 11.0 Å². The zero-order valence-corrected chi connectivity index (χ0v) is 15.0. The Balaban J connectivity index is 1.72. The fourth-order valence-corrected chi connectivity index (χ4v) is 3.85. The van der Waals surface area contributed by atoms with Gasteiger partial charge in [-0.2, -0.15) is 10.4 Å². The van der Waals surface area contributed by atoms with Gasteiger partial charge in [0.2, 0.25) is 5.72 Å².